The number of H-pyrrole nitrogens is 2. The van der Waals surface area contributed by atoms with E-state index in [4.69, 9.17) is 5.73 Å². The average molecular weight is 254 g/mol. The van der Waals surface area contributed by atoms with Gasteiger partial charge in [0.15, 0.2) is 0 Å². The van der Waals surface area contributed by atoms with Gasteiger partial charge in [0, 0.05) is 12.7 Å². The molecule has 0 aliphatic rings. The molecular formula is C11H18N4O3. The monoisotopic (exact) mass is 254 g/mol. The van der Waals surface area contributed by atoms with E-state index in [0.717, 1.165) is 6.20 Å². The molecule has 1 rings (SSSR count). The van der Waals surface area contributed by atoms with Crippen molar-refractivity contribution < 1.29 is 4.79 Å². The van der Waals surface area contributed by atoms with Crippen molar-refractivity contribution in [3.8, 4) is 0 Å². The topological polar surface area (TPSA) is 121 Å². The van der Waals surface area contributed by atoms with Crippen molar-refractivity contribution in [2.45, 2.75) is 26.3 Å². The van der Waals surface area contributed by atoms with Crippen LogP contribution in [0.15, 0.2) is 15.8 Å². The molecule has 0 aliphatic heterocycles. The van der Waals surface area contributed by atoms with Crippen LogP contribution in [0.4, 0.5) is 0 Å². The Morgan fingerprint density at radius 2 is 2.11 bits per heavy atom. The molecule has 100 valence electrons. The van der Waals surface area contributed by atoms with Crippen LogP contribution in [0.1, 0.15) is 31.1 Å². The summed E-state index contributed by atoms with van der Waals surface area (Å²) in [6.07, 6.45) is 1.09. The summed E-state index contributed by atoms with van der Waals surface area (Å²) in [5.41, 5.74) is 3.51. The van der Waals surface area contributed by atoms with Gasteiger partial charge in [-0.25, -0.2) is 4.79 Å². The molecule has 0 aromatic carbocycles. The van der Waals surface area contributed by atoms with E-state index < -0.39 is 22.7 Å². The van der Waals surface area contributed by atoms with Crippen LogP contribution in [0.25, 0.3) is 0 Å². The molecular weight excluding hydrogens is 236 g/mol. The molecule has 18 heavy (non-hydrogen) atoms. The first-order valence-electron chi connectivity index (χ1n) is 5.64. The number of carbonyl (C=O) groups is 1. The number of hydrogen-bond donors (Lipinski definition) is 4. The highest BCUT2D eigenvalue weighted by molar-refractivity contribution is 5.94. The summed E-state index contributed by atoms with van der Waals surface area (Å²) in [7, 11) is 0. The van der Waals surface area contributed by atoms with Gasteiger partial charge in [-0.3, -0.25) is 14.6 Å². The lowest BCUT2D eigenvalue weighted by atomic mass is 9.88. The number of hydrogen-bond acceptors (Lipinski definition) is 4. The standard InChI is InChI=1S/C11H18N4O3/c1-6(2)11(3,5-12)15-9(17)7-4-13-10(18)14-8(7)16/h4,6H,5,12H2,1-3H3,(H,15,17)(H2,13,14,16,18). The minimum atomic E-state index is -0.723. The van der Waals surface area contributed by atoms with Crippen LogP contribution >= 0.6 is 0 Å². The van der Waals surface area contributed by atoms with Crippen molar-refractivity contribution in [3.63, 3.8) is 0 Å². The van der Waals surface area contributed by atoms with E-state index in [2.05, 4.69) is 10.3 Å². The highest BCUT2D eigenvalue weighted by atomic mass is 16.2. The van der Waals surface area contributed by atoms with Gasteiger partial charge in [-0.1, -0.05) is 13.8 Å². The van der Waals surface area contributed by atoms with Crippen LogP contribution < -0.4 is 22.3 Å². The van der Waals surface area contributed by atoms with E-state index in [-0.39, 0.29) is 18.0 Å². The quantitative estimate of drug-likeness (QED) is 0.560. The largest absolute Gasteiger partial charge is 0.345 e. The maximum absolute atomic E-state index is 11.9. The summed E-state index contributed by atoms with van der Waals surface area (Å²) in [4.78, 5) is 38.5. The fraction of sp³-hybridized carbons (Fsp3) is 0.545. The fourth-order valence-corrected chi connectivity index (χ4v) is 1.34. The van der Waals surface area contributed by atoms with Crippen LogP contribution in [0.2, 0.25) is 0 Å². The van der Waals surface area contributed by atoms with Crippen molar-refractivity contribution in [2.24, 2.45) is 11.7 Å². The zero-order chi connectivity index (χ0) is 13.9. The normalized spacial score (nSPS) is 14.3. The molecule has 0 radical (unpaired) electrons. The third kappa shape index (κ3) is 2.86. The second-order valence-electron chi connectivity index (χ2n) is 4.72. The summed E-state index contributed by atoms with van der Waals surface area (Å²) >= 11 is 0. The molecule has 1 heterocycles. The molecule has 1 aromatic heterocycles. The summed E-state index contributed by atoms with van der Waals surface area (Å²) < 4.78 is 0. The second-order valence-corrected chi connectivity index (χ2v) is 4.72. The summed E-state index contributed by atoms with van der Waals surface area (Å²) in [6, 6.07) is 0. The zero-order valence-corrected chi connectivity index (χ0v) is 10.7. The lowest BCUT2D eigenvalue weighted by molar-refractivity contribution is 0.0881. The molecule has 1 aromatic rings. The number of nitrogens with one attached hydrogen (secondary N) is 3. The van der Waals surface area contributed by atoms with Crippen LogP contribution in [0.3, 0.4) is 0 Å². The molecule has 0 spiro atoms. The van der Waals surface area contributed by atoms with Crippen LogP contribution in [-0.4, -0.2) is 28.0 Å². The Balaban J connectivity index is 3.02. The van der Waals surface area contributed by atoms with Crippen molar-refractivity contribution in [1.29, 1.82) is 0 Å². The summed E-state index contributed by atoms with van der Waals surface area (Å²) in [6.45, 7) is 5.89. The molecule has 1 unspecified atom stereocenters. The van der Waals surface area contributed by atoms with E-state index in [1.165, 1.54) is 0 Å². The highest BCUT2D eigenvalue weighted by Gasteiger charge is 2.29. The molecule has 7 heteroatoms. The fourth-order valence-electron chi connectivity index (χ4n) is 1.34. The van der Waals surface area contributed by atoms with Gasteiger partial charge in [-0.05, 0) is 12.8 Å². The van der Waals surface area contributed by atoms with E-state index in [1.54, 1.807) is 6.92 Å². The summed E-state index contributed by atoms with van der Waals surface area (Å²) in [5.74, 6) is -0.456. The molecule has 0 fully saturated rings. The predicted octanol–water partition coefficient (Wildman–Crippen LogP) is -0.834. The number of carbonyl (C=O) groups excluding carboxylic acids is 1. The number of aromatic nitrogens is 2. The Hall–Kier alpha value is -1.89. The van der Waals surface area contributed by atoms with Crippen molar-refractivity contribution >= 4 is 5.91 Å². The molecule has 1 atom stereocenters. The molecule has 0 bridgehead atoms. The SMILES string of the molecule is CC(C)C(C)(CN)NC(=O)c1c[nH]c(=O)[nH]c1=O. The first-order chi connectivity index (χ1) is 8.30. The number of aromatic amines is 2. The molecule has 1 amide bonds. The van der Waals surface area contributed by atoms with Gasteiger partial charge < -0.3 is 16.0 Å². The van der Waals surface area contributed by atoms with Crippen molar-refractivity contribution in [2.75, 3.05) is 6.54 Å². The Kier molecular flexibility index (Phi) is 4.07. The van der Waals surface area contributed by atoms with Gasteiger partial charge in [-0.15, -0.1) is 0 Å². The number of rotatable bonds is 4. The van der Waals surface area contributed by atoms with Gasteiger partial charge in [0.05, 0.1) is 5.54 Å². The Morgan fingerprint density at radius 3 is 2.56 bits per heavy atom. The molecule has 7 nitrogen and oxygen atoms in total. The van der Waals surface area contributed by atoms with Gasteiger partial charge in [0.2, 0.25) is 0 Å². The lowest BCUT2D eigenvalue weighted by Crippen LogP contribution is -2.55. The maximum atomic E-state index is 11.9. The number of nitrogens with two attached hydrogens (primary N) is 1. The first-order valence-corrected chi connectivity index (χ1v) is 5.64. The van der Waals surface area contributed by atoms with Gasteiger partial charge in [0.1, 0.15) is 5.56 Å². The minimum Gasteiger partial charge on any atom is -0.345 e. The van der Waals surface area contributed by atoms with Gasteiger partial charge in [0.25, 0.3) is 11.5 Å². The Bertz CT molecular complexity index is 546. The lowest BCUT2D eigenvalue weighted by Gasteiger charge is -2.33. The zero-order valence-electron chi connectivity index (χ0n) is 10.7. The van der Waals surface area contributed by atoms with E-state index >= 15 is 0 Å². The third-order valence-electron chi connectivity index (χ3n) is 3.16. The van der Waals surface area contributed by atoms with Gasteiger partial charge in [-0.2, -0.15) is 0 Å². The van der Waals surface area contributed by atoms with Crippen LogP contribution in [0.5, 0.6) is 0 Å². The van der Waals surface area contributed by atoms with E-state index in [1.807, 2.05) is 18.8 Å². The van der Waals surface area contributed by atoms with Crippen LogP contribution in [-0.2, 0) is 0 Å². The van der Waals surface area contributed by atoms with Crippen molar-refractivity contribution in [1.82, 2.24) is 15.3 Å². The molecule has 5 N–H and O–H groups in total. The highest BCUT2D eigenvalue weighted by Crippen LogP contribution is 2.14. The molecule has 0 saturated carbocycles. The van der Waals surface area contributed by atoms with E-state index in [9.17, 15) is 14.4 Å². The summed E-state index contributed by atoms with van der Waals surface area (Å²) in [5, 5.41) is 2.71. The smallest absolute Gasteiger partial charge is 0.325 e. The third-order valence-corrected chi connectivity index (χ3v) is 3.16. The molecule has 0 saturated heterocycles. The second kappa shape index (κ2) is 5.18. The Labute approximate surface area is 104 Å². The minimum absolute atomic E-state index is 0.105. The van der Waals surface area contributed by atoms with E-state index in [0.29, 0.717) is 0 Å². The van der Waals surface area contributed by atoms with Crippen molar-refractivity contribution in [3.05, 3.63) is 32.6 Å². The maximum Gasteiger partial charge on any atom is 0.325 e. The Morgan fingerprint density at radius 1 is 1.50 bits per heavy atom. The molecule has 0 aliphatic carbocycles. The number of amides is 1. The van der Waals surface area contributed by atoms with Crippen LogP contribution in [0, 0.1) is 5.92 Å². The first kappa shape index (κ1) is 14.2. The average Bonchev–Trinajstić information content (AvgIpc) is 2.28. The van der Waals surface area contributed by atoms with Gasteiger partial charge >= 0.3 is 5.69 Å². The predicted molar refractivity (Wildman–Crippen MR) is 67.4 cm³/mol.